The maximum absolute atomic E-state index is 12.4. The molecule has 3 N–H and O–H groups in total. The Balaban J connectivity index is 1.29. The minimum absolute atomic E-state index is 0.373. The van der Waals surface area contributed by atoms with Crippen LogP contribution in [0.1, 0.15) is 26.3 Å². The van der Waals surface area contributed by atoms with E-state index < -0.39 is 0 Å². The standard InChI is InChI=1S/C24H23N5O2S/c1-29(2)19-13-11-18(12-14-19)23(31)28-27-22(30)17-9-7-16(8-10-17)15-32-24-25-20-5-3-4-6-21(20)26-24/h3-14H,15H2,1-2H3,(H,25,26)(H,27,30)(H,28,31). The number of thioether (sulfide) groups is 1. The largest absolute Gasteiger partial charge is 0.378 e. The second-order valence-corrected chi connectivity index (χ2v) is 8.36. The molecule has 0 saturated carbocycles. The number of hydrazine groups is 1. The van der Waals surface area contributed by atoms with Gasteiger partial charge in [-0.25, -0.2) is 4.98 Å². The quantitative estimate of drug-likeness (QED) is 0.308. The summed E-state index contributed by atoms with van der Waals surface area (Å²) >= 11 is 1.60. The molecule has 1 aromatic heterocycles. The molecule has 0 spiro atoms. The van der Waals surface area contributed by atoms with Crippen LogP contribution in [0.5, 0.6) is 0 Å². The van der Waals surface area contributed by atoms with Crippen molar-refractivity contribution in [3.8, 4) is 0 Å². The monoisotopic (exact) mass is 445 g/mol. The SMILES string of the molecule is CN(C)c1ccc(C(=O)NNC(=O)c2ccc(CSc3nc4ccccc4[nH]3)cc2)cc1. The number of hydrogen-bond acceptors (Lipinski definition) is 5. The molecule has 0 fully saturated rings. The zero-order valence-electron chi connectivity index (χ0n) is 17.8. The number of imidazole rings is 1. The van der Waals surface area contributed by atoms with Crippen molar-refractivity contribution in [3.05, 3.63) is 89.5 Å². The fraction of sp³-hybridized carbons (Fsp3) is 0.125. The molecule has 0 atom stereocenters. The lowest BCUT2D eigenvalue weighted by atomic mass is 10.1. The first-order valence-electron chi connectivity index (χ1n) is 10.0. The highest BCUT2D eigenvalue weighted by atomic mass is 32.2. The predicted octanol–water partition coefficient (Wildman–Crippen LogP) is 4.00. The van der Waals surface area contributed by atoms with Gasteiger partial charge in [-0.1, -0.05) is 36.0 Å². The first-order valence-corrected chi connectivity index (χ1v) is 11.0. The van der Waals surface area contributed by atoms with E-state index in [0.717, 1.165) is 33.2 Å². The Morgan fingerprint density at radius 2 is 1.47 bits per heavy atom. The molecule has 1 heterocycles. The minimum atomic E-state index is -0.375. The summed E-state index contributed by atoms with van der Waals surface area (Å²) in [6, 6.07) is 22.3. The second kappa shape index (κ2) is 9.57. The van der Waals surface area contributed by atoms with Gasteiger partial charge in [0.15, 0.2) is 5.16 Å². The number of H-pyrrole nitrogens is 1. The van der Waals surface area contributed by atoms with E-state index in [9.17, 15) is 9.59 Å². The van der Waals surface area contributed by atoms with Gasteiger partial charge in [0.1, 0.15) is 0 Å². The lowest BCUT2D eigenvalue weighted by Gasteiger charge is -2.13. The number of fused-ring (bicyclic) bond motifs is 1. The van der Waals surface area contributed by atoms with E-state index >= 15 is 0 Å². The summed E-state index contributed by atoms with van der Waals surface area (Å²) in [5.74, 6) is -0.0243. The lowest BCUT2D eigenvalue weighted by Crippen LogP contribution is -2.41. The topological polar surface area (TPSA) is 90.1 Å². The van der Waals surface area contributed by atoms with Crippen LogP contribution in [0.4, 0.5) is 5.69 Å². The summed E-state index contributed by atoms with van der Waals surface area (Å²) in [5, 5.41) is 0.856. The molecular formula is C24H23N5O2S. The number of para-hydroxylation sites is 2. The molecule has 32 heavy (non-hydrogen) atoms. The van der Waals surface area contributed by atoms with E-state index in [1.165, 1.54) is 0 Å². The average molecular weight is 446 g/mol. The van der Waals surface area contributed by atoms with Gasteiger partial charge in [0.25, 0.3) is 11.8 Å². The smallest absolute Gasteiger partial charge is 0.269 e. The Labute approximate surface area is 190 Å². The molecule has 0 saturated heterocycles. The third kappa shape index (κ3) is 5.09. The highest BCUT2D eigenvalue weighted by Gasteiger charge is 2.10. The molecule has 4 aromatic rings. The van der Waals surface area contributed by atoms with Gasteiger partial charge in [-0.3, -0.25) is 20.4 Å². The molecule has 0 bridgehead atoms. The van der Waals surface area contributed by atoms with Crippen LogP contribution in [-0.2, 0) is 5.75 Å². The molecule has 0 radical (unpaired) electrons. The molecule has 4 rings (SSSR count). The van der Waals surface area contributed by atoms with Gasteiger partial charge >= 0.3 is 0 Å². The fourth-order valence-corrected chi connectivity index (χ4v) is 3.91. The number of amides is 2. The van der Waals surface area contributed by atoms with Crippen LogP contribution in [0, 0.1) is 0 Å². The van der Waals surface area contributed by atoms with Crippen molar-refractivity contribution >= 4 is 40.3 Å². The van der Waals surface area contributed by atoms with Crippen LogP contribution < -0.4 is 15.8 Å². The summed E-state index contributed by atoms with van der Waals surface area (Å²) in [6.45, 7) is 0. The van der Waals surface area contributed by atoms with Gasteiger partial charge in [0.05, 0.1) is 11.0 Å². The third-order valence-corrected chi connectivity index (χ3v) is 5.84. The van der Waals surface area contributed by atoms with Gasteiger partial charge in [-0.15, -0.1) is 0 Å². The van der Waals surface area contributed by atoms with E-state index in [1.807, 2.05) is 67.5 Å². The summed E-state index contributed by atoms with van der Waals surface area (Å²) in [7, 11) is 3.86. The summed E-state index contributed by atoms with van der Waals surface area (Å²) in [6.07, 6.45) is 0. The zero-order chi connectivity index (χ0) is 22.5. The molecule has 3 aromatic carbocycles. The fourth-order valence-electron chi connectivity index (χ4n) is 3.07. The summed E-state index contributed by atoms with van der Waals surface area (Å²) in [5.41, 5.74) is 9.85. The maximum atomic E-state index is 12.4. The molecule has 2 amide bonds. The van der Waals surface area contributed by atoms with Crippen LogP contribution in [-0.4, -0.2) is 35.9 Å². The van der Waals surface area contributed by atoms with Crippen molar-refractivity contribution in [1.29, 1.82) is 0 Å². The van der Waals surface area contributed by atoms with Crippen molar-refractivity contribution < 1.29 is 9.59 Å². The first kappa shape index (κ1) is 21.5. The third-order valence-electron chi connectivity index (χ3n) is 4.89. The van der Waals surface area contributed by atoms with Gasteiger partial charge in [-0.2, -0.15) is 0 Å². The first-order chi connectivity index (χ1) is 15.5. The molecule has 0 aliphatic heterocycles. The van der Waals surface area contributed by atoms with Crippen LogP contribution in [0.3, 0.4) is 0 Å². The van der Waals surface area contributed by atoms with Crippen LogP contribution in [0.2, 0.25) is 0 Å². The van der Waals surface area contributed by atoms with Crippen molar-refractivity contribution in [2.45, 2.75) is 10.9 Å². The average Bonchev–Trinajstić information content (AvgIpc) is 3.24. The number of carbonyl (C=O) groups is 2. The van der Waals surface area contributed by atoms with E-state index in [2.05, 4.69) is 20.8 Å². The molecule has 0 unspecified atom stereocenters. The maximum Gasteiger partial charge on any atom is 0.269 e. The molecule has 7 nitrogen and oxygen atoms in total. The van der Waals surface area contributed by atoms with Crippen LogP contribution in [0.15, 0.2) is 78.0 Å². The number of aromatic amines is 1. The van der Waals surface area contributed by atoms with Gasteiger partial charge in [0, 0.05) is 36.7 Å². The second-order valence-electron chi connectivity index (χ2n) is 7.39. The van der Waals surface area contributed by atoms with E-state index in [0.29, 0.717) is 11.1 Å². The number of nitrogens with zero attached hydrogens (tertiary/aromatic N) is 2. The van der Waals surface area contributed by atoms with Gasteiger partial charge in [-0.05, 0) is 54.1 Å². The van der Waals surface area contributed by atoms with Crippen molar-refractivity contribution in [1.82, 2.24) is 20.8 Å². The number of anilines is 1. The number of hydrogen-bond donors (Lipinski definition) is 3. The normalized spacial score (nSPS) is 10.7. The van der Waals surface area contributed by atoms with Gasteiger partial charge < -0.3 is 9.88 Å². The molecule has 162 valence electrons. The van der Waals surface area contributed by atoms with Crippen LogP contribution in [0.25, 0.3) is 11.0 Å². The van der Waals surface area contributed by atoms with Crippen molar-refractivity contribution in [2.24, 2.45) is 0 Å². The van der Waals surface area contributed by atoms with Gasteiger partial charge in [0.2, 0.25) is 0 Å². The Kier molecular flexibility index (Phi) is 6.42. The minimum Gasteiger partial charge on any atom is -0.378 e. The van der Waals surface area contributed by atoms with Crippen molar-refractivity contribution in [3.63, 3.8) is 0 Å². The molecular weight excluding hydrogens is 422 g/mol. The Bertz CT molecular complexity index is 1200. The van der Waals surface area contributed by atoms with Crippen molar-refractivity contribution in [2.75, 3.05) is 19.0 Å². The zero-order valence-corrected chi connectivity index (χ0v) is 18.6. The molecule has 8 heteroatoms. The number of aromatic nitrogens is 2. The van der Waals surface area contributed by atoms with E-state index in [4.69, 9.17) is 0 Å². The van der Waals surface area contributed by atoms with E-state index in [1.54, 1.807) is 36.0 Å². The molecule has 0 aliphatic carbocycles. The highest BCUT2D eigenvalue weighted by molar-refractivity contribution is 7.98. The molecule has 0 aliphatic rings. The Morgan fingerprint density at radius 3 is 2.06 bits per heavy atom. The Morgan fingerprint density at radius 1 is 0.875 bits per heavy atom. The summed E-state index contributed by atoms with van der Waals surface area (Å²) < 4.78 is 0. The summed E-state index contributed by atoms with van der Waals surface area (Å²) in [4.78, 5) is 34.4. The lowest BCUT2D eigenvalue weighted by molar-refractivity contribution is 0.0846. The van der Waals surface area contributed by atoms with Crippen LogP contribution >= 0.6 is 11.8 Å². The Hall–Kier alpha value is -3.78. The number of benzene rings is 3. The predicted molar refractivity (Wildman–Crippen MR) is 128 cm³/mol. The number of nitrogens with one attached hydrogen (secondary N) is 3. The number of carbonyl (C=O) groups excluding carboxylic acids is 2. The highest BCUT2D eigenvalue weighted by Crippen LogP contribution is 2.23. The number of rotatable bonds is 6. The van der Waals surface area contributed by atoms with E-state index in [-0.39, 0.29) is 11.8 Å².